The van der Waals surface area contributed by atoms with Gasteiger partial charge in [0, 0.05) is 22.8 Å². The number of ether oxygens (including phenoxy) is 2. The van der Waals surface area contributed by atoms with Crippen molar-refractivity contribution < 1.29 is 9.47 Å². The van der Waals surface area contributed by atoms with Crippen LogP contribution in [-0.2, 0) is 19.6 Å². The Bertz CT molecular complexity index is 1000. The van der Waals surface area contributed by atoms with Crippen LogP contribution in [0, 0.1) is 6.92 Å². The van der Waals surface area contributed by atoms with Gasteiger partial charge in [-0.05, 0) is 73.4 Å². The van der Waals surface area contributed by atoms with E-state index >= 15 is 0 Å². The number of halogens is 1. The molecule has 156 valence electrons. The number of allylic oxidation sites excluding steroid dienone is 1. The zero-order valence-corrected chi connectivity index (χ0v) is 18.3. The molecule has 0 amide bonds. The third-order valence-corrected chi connectivity index (χ3v) is 4.88. The molecule has 0 saturated heterocycles. The van der Waals surface area contributed by atoms with Crippen molar-refractivity contribution in [3.8, 4) is 11.5 Å². The van der Waals surface area contributed by atoms with Gasteiger partial charge in [-0.3, -0.25) is 0 Å². The molecule has 0 heterocycles. The molecule has 4 heteroatoms. The van der Waals surface area contributed by atoms with Crippen molar-refractivity contribution in [3.05, 3.63) is 101 Å². The van der Waals surface area contributed by atoms with E-state index < -0.39 is 0 Å². The van der Waals surface area contributed by atoms with E-state index in [2.05, 4.69) is 49.2 Å². The molecule has 1 N–H and O–H groups in total. The quantitative estimate of drug-likeness (QED) is 0.358. The van der Waals surface area contributed by atoms with Gasteiger partial charge in [0.15, 0.2) is 11.5 Å². The minimum absolute atomic E-state index is 0.422. The summed E-state index contributed by atoms with van der Waals surface area (Å²) in [6.07, 6.45) is 2.58. The Labute approximate surface area is 184 Å². The minimum Gasteiger partial charge on any atom is -0.490 e. The van der Waals surface area contributed by atoms with Gasteiger partial charge in [0.05, 0.1) is 6.61 Å². The standard InChI is InChI=1S/C26H28ClNO2/c1-4-8-22-14-21(17-28-24-12-6-9-19(3)13-24)16-25(29-5-2)26(22)30-18-20-10-7-11-23(27)15-20/h4,6-7,9-16,28H,1,5,8,17-18H2,2-3H3. The first-order valence-corrected chi connectivity index (χ1v) is 10.5. The number of benzene rings is 3. The van der Waals surface area contributed by atoms with Crippen LogP contribution in [0.15, 0.2) is 73.3 Å². The maximum Gasteiger partial charge on any atom is 0.165 e. The highest BCUT2D eigenvalue weighted by Crippen LogP contribution is 2.35. The summed E-state index contributed by atoms with van der Waals surface area (Å²) in [5, 5.41) is 4.19. The molecule has 0 spiro atoms. The van der Waals surface area contributed by atoms with Crippen molar-refractivity contribution in [3.63, 3.8) is 0 Å². The third-order valence-electron chi connectivity index (χ3n) is 4.64. The normalized spacial score (nSPS) is 10.5. The average molecular weight is 422 g/mol. The minimum atomic E-state index is 0.422. The summed E-state index contributed by atoms with van der Waals surface area (Å²) in [7, 11) is 0. The fraction of sp³-hybridized carbons (Fsp3) is 0.231. The fourth-order valence-electron chi connectivity index (χ4n) is 3.30. The summed E-state index contributed by atoms with van der Waals surface area (Å²) < 4.78 is 12.1. The van der Waals surface area contributed by atoms with E-state index in [0.29, 0.717) is 31.2 Å². The number of aryl methyl sites for hydroxylation is 1. The Morgan fingerprint density at radius 1 is 1.00 bits per heavy atom. The van der Waals surface area contributed by atoms with Crippen LogP contribution in [0.2, 0.25) is 5.02 Å². The van der Waals surface area contributed by atoms with Crippen LogP contribution in [0.25, 0.3) is 0 Å². The number of hydrogen-bond donors (Lipinski definition) is 1. The first-order chi connectivity index (χ1) is 14.6. The second-order valence-corrected chi connectivity index (χ2v) is 7.59. The molecule has 0 aliphatic rings. The Balaban J connectivity index is 1.84. The maximum absolute atomic E-state index is 6.20. The molecule has 3 aromatic rings. The van der Waals surface area contributed by atoms with Crippen LogP contribution in [-0.4, -0.2) is 6.61 Å². The van der Waals surface area contributed by atoms with Gasteiger partial charge in [-0.15, -0.1) is 6.58 Å². The van der Waals surface area contributed by atoms with Crippen molar-refractivity contribution in [2.75, 3.05) is 11.9 Å². The molecule has 3 rings (SSSR count). The van der Waals surface area contributed by atoms with Crippen LogP contribution in [0.1, 0.15) is 29.2 Å². The lowest BCUT2D eigenvalue weighted by molar-refractivity contribution is 0.267. The van der Waals surface area contributed by atoms with Gasteiger partial charge in [0.25, 0.3) is 0 Å². The van der Waals surface area contributed by atoms with E-state index in [1.807, 2.05) is 43.3 Å². The SMILES string of the molecule is C=CCc1cc(CNc2cccc(C)c2)cc(OCC)c1OCc1cccc(Cl)c1. The molecular weight excluding hydrogens is 394 g/mol. The summed E-state index contributed by atoms with van der Waals surface area (Å²) in [6.45, 7) is 9.66. The summed E-state index contributed by atoms with van der Waals surface area (Å²) in [4.78, 5) is 0. The van der Waals surface area contributed by atoms with Gasteiger partial charge in [0.1, 0.15) is 6.61 Å². The van der Waals surface area contributed by atoms with Crippen molar-refractivity contribution in [1.82, 2.24) is 0 Å². The molecule has 30 heavy (non-hydrogen) atoms. The van der Waals surface area contributed by atoms with Crippen molar-refractivity contribution in [2.24, 2.45) is 0 Å². The van der Waals surface area contributed by atoms with E-state index in [-0.39, 0.29) is 0 Å². The Morgan fingerprint density at radius 3 is 2.57 bits per heavy atom. The monoisotopic (exact) mass is 421 g/mol. The lowest BCUT2D eigenvalue weighted by atomic mass is 10.0. The number of nitrogens with one attached hydrogen (secondary N) is 1. The molecule has 0 saturated carbocycles. The first-order valence-electron chi connectivity index (χ1n) is 10.2. The van der Waals surface area contributed by atoms with E-state index in [9.17, 15) is 0 Å². The van der Waals surface area contributed by atoms with Crippen LogP contribution in [0.5, 0.6) is 11.5 Å². The number of rotatable bonds is 10. The summed E-state index contributed by atoms with van der Waals surface area (Å²) in [5.41, 5.74) is 5.53. The highest BCUT2D eigenvalue weighted by molar-refractivity contribution is 6.30. The highest BCUT2D eigenvalue weighted by atomic mass is 35.5. The smallest absolute Gasteiger partial charge is 0.165 e. The summed E-state index contributed by atoms with van der Waals surface area (Å²) >= 11 is 6.10. The fourth-order valence-corrected chi connectivity index (χ4v) is 3.51. The zero-order chi connectivity index (χ0) is 21.3. The first kappa shape index (κ1) is 21.8. The predicted molar refractivity (Wildman–Crippen MR) is 126 cm³/mol. The van der Waals surface area contributed by atoms with Gasteiger partial charge >= 0.3 is 0 Å². The van der Waals surface area contributed by atoms with Crippen molar-refractivity contribution >= 4 is 17.3 Å². The number of anilines is 1. The zero-order valence-electron chi connectivity index (χ0n) is 17.6. The largest absolute Gasteiger partial charge is 0.490 e. The molecule has 0 aromatic heterocycles. The lowest BCUT2D eigenvalue weighted by Gasteiger charge is -2.18. The molecule has 0 fully saturated rings. The van der Waals surface area contributed by atoms with E-state index in [1.54, 1.807) is 0 Å². The maximum atomic E-state index is 6.20. The Hall–Kier alpha value is -2.91. The summed E-state index contributed by atoms with van der Waals surface area (Å²) in [6, 6.07) is 20.2. The molecule has 0 bridgehead atoms. The molecule has 0 aliphatic carbocycles. The number of hydrogen-bond acceptors (Lipinski definition) is 3. The van der Waals surface area contributed by atoms with Gasteiger partial charge in [-0.25, -0.2) is 0 Å². The molecule has 0 radical (unpaired) electrons. The topological polar surface area (TPSA) is 30.5 Å². The molecule has 0 aliphatic heterocycles. The summed E-state index contributed by atoms with van der Waals surface area (Å²) in [5.74, 6) is 1.51. The van der Waals surface area contributed by atoms with Crippen LogP contribution in [0.3, 0.4) is 0 Å². The lowest BCUT2D eigenvalue weighted by Crippen LogP contribution is -2.06. The molecular formula is C26H28ClNO2. The van der Waals surface area contributed by atoms with Gasteiger partial charge in [0.2, 0.25) is 0 Å². The molecule has 0 atom stereocenters. The predicted octanol–water partition coefficient (Wildman–Crippen LogP) is 6.97. The van der Waals surface area contributed by atoms with E-state index in [4.69, 9.17) is 21.1 Å². The second-order valence-electron chi connectivity index (χ2n) is 7.15. The van der Waals surface area contributed by atoms with Crippen molar-refractivity contribution in [1.29, 1.82) is 0 Å². The third kappa shape index (κ3) is 6.04. The molecule has 3 nitrogen and oxygen atoms in total. The Kier molecular flexibility index (Phi) is 7.81. The van der Waals surface area contributed by atoms with Crippen LogP contribution < -0.4 is 14.8 Å². The average Bonchev–Trinajstić information content (AvgIpc) is 2.72. The van der Waals surface area contributed by atoms with Gasteiger partial charge in [-0.2, -0.15) is 0 Å². The van der Waals surface area contributed by atoms with Crippen LogP contribution in [0.4, 0.5) is 5.69 Å². The second kappa shape index (κ2) is 10.7. The molecule has 0 unspecified atom stereocenters. The van der Waals surface area contributed by atoms with E-state index in [0.717, 1.165) is 33.9 Å². The highest BCUT2D eigenvalue weighted by Gasteiger charge is 2.14. The van der Waals surface area contributed by atoms with E-state index in [1.165, 1.54) is 5.56 Å². The van der Waals surface area contributed by atoms with Crippen LogP contribution >= 0.6 is 11.6 Å². The van der Waals surface area contributed by atoms with Gasteiger partial charge in [-0.1, -0.05) is 41.9 Å². The van der Waals surface area contributed by atoms with Crippen molar-refractivity contribution in [2.45, 2.75) is 33.4 Å². The molecule has 3 aromatic carbocycles. The van der Waals surface area contributed by atoms with Gasteiger partial charge < -0.3 is 14.8 Å². The Morgan fingerprint density at radius 2 is 1.83 bits per heavy atom.